The number of hydrogen-bond acceptors (Lipinski definition) is 5. The number of ether oxygens (including phenoxy) is 2. The number of piperidine rings is 1. The van der Waals surface area contributed by atoms with E-state index in [1.165, 1.54) is 0 Å². The van der Waals surface area contributed by atoms with E-state index in [4.69, 9.17) is 9.47 Å². The van der Waals surface area contributed by atoms with Gasteiger partial charge in [-0.25, -0.2) is 0 Å². The van der Waals surface area contributed by atoms with Crippen LogP contribution in [0.2, 0.25) is 0 Å². The predicted octanol–water partition coefficient (Wildman–Crippen LogP) is 0.944. The molecule has 0 aromatic heterocycles. The summed E-state index contributed by atoms with van der Waals surface area (Å²) in [4.78, 5) is 16.3. The number of carbonyl (C=O) groups excluding carboxylic acids is 1. The number of nitrogens with zero attached hydrogens (tertiary/aromatic N) is 2. The van der Waals surface area contributed by atoms with Crippen LogP contribution in [-0.4, -0.2) is 66.9 Å². The number of rotatable bonds is 3. The summed E-state index contributed by atoms with van der Waals surface area (Å²) in [5.74, 6) is 1.27. The van der Waals surface area contributed by atoms with Gasteiger partial charge in [0.2, 0.25) is 6.79 Å². The minimum atomic E-state index is -0.699. The van der Waals surface area contributed by atoms with Crippen molar-refractivity contribution >= 4 is 5.91 Å². The first-order valence-corrected chi connectivity index (χ1v) is 7.53. The zero-order chi connectivity index (χ0) is 15.7. The molecule has 3 rings (SSSR count). The summed E-state index contributed by atoms with van der Waals surface area (Å²) in [7, 11) is 3.89. The average Bonchev–Trinajstić information content (AvgIpc) is 2.93. The normalized spacial score (nSPS) is 19.5. The van der Waals surface area contributed by atoms with E-state index in [0.29, 0.717) is 49.5 Å². The topological polar surface area (TPSA) is 62.2 Å². The van der Waals surface area contributed by atoms with Crippen LogP contribution in [0.5, 0.6) is 11.5 Å². The third-order valence-corrected chi connectivity index (χ3v) is 4.21. The standard InChI is InChI=1S/C16H22N2O4/c1-17(2)10-16(20)5-7-18(8-6-16)15(19)12-3-4-13-14(9-12)22-11-21-13/h3-4,9,20H,5-8,10-11H2,1-2H3. The lowest BCUT2D eigenvalue weighted by Crippen LogP contribution is -2.51. The maximum atomic E-state index is 12.6. The molecule has 2 aliphatic rings. The largest absolute Gasteiger partial charge is 0.454 e. The van der Waals surface area contributed by atoms with Gasteiger partial charge < -0.3 is 24.4 Å². The lowest BCUT2D eigenvalue weighted by molar-refractivity contribution is -0.0324. The molecule has 6 nitrogen and oxygen atoms in total. The molecule has 0 atom stereocenters. The van der Waals surface area contributed by atoms with E-state index in [1.807, 2.05) is 19.0 Å². The maximum absolute atomic E-state index is 12.6. The van der Waals surface area contributed by atoms with E-state index in [9.17, 15) is 9.90 Å². The number of benzene rings is 1. The molecule has 2 aliphatic heterocycles. The van der Waals surface area contributed by atoms with Crippen molar-refractivity contribution in [3.8, 4) is 11.5 Å². The molecular formula is C16H22N2O4. The van der Waals surface area contributed by atoms with Gasteiger partial charge in [0.05, 0.1) is 5.60 Å². The van der Waals surface area contributed by atoms with Crippen molar-refractivity contribution < 1.29 is 19.4 Å². The highest BCUT2D eigenvalue weighted by atomic mass is 16.7. The number of likely N-dealkylation sites (tertiary alicyclic amines) is 1. The third-order valence-electron chi connectivity index (χ3n) is 4.21. The van der Waals surface area contributed by atoms with Crippen LogP contribution in [0, 0.1) is 0 Å². The Balaban J connectivity index is 1.65. The summed E-state index contributed by atoms with van der Waals surface area (Å²) in [6.45, 7) is 1.96. The van der Waals surface area contributed by atoms with Gasteiger partial charge in [0.25, 0.3) is 5.91 Å². The van der Waals surface area contributed by atoms with Crippen LogP contribution >= 0.6 is 0 Å². The highest BCUT2D eigenvalue weighted by Gasteiger charge is 2.34. The number of amides is 1. The second-order valence-electron chi connectivity index (χ2n) is 6.32. The molecule has 1 N–H and O–H groups in total. The minimum Gasteiger partial charge on any atom is -0.454 e. The molecule has 1 amide bonds. The van der Waals surface area contributed by atoms with Crippen LogP contribution in [-0.2, 0) is 0 Å². The molecule has 22 heavy (non-hydrogen) atoms. The van der Waals surface area contributed by atoms with Crippen LogP contribution in [0.15, 0.2) is 18.2 Å². The molecule has 120 valence electrons. The first-order chi connectivity index (χ1) is 10.5. The molecule has 1 fully saturated rings. The molecular weight excluding hydrogens is 284 g/mol. The Kier molecular flexibility index (Phi) is 3.97. The molecule has 0 radical (unpaired) electrons. The minimum absolute atomic E-state index is 0.0230. The Hall–Kier alpha value is -1.79. The number of likely N-dealkylation sites (N-methyl/N-ethyl adjacent to an activating group) is 1. The molecule has 0 bridgehead atoms. The van der Waals surface area contributed by atoms with Crippen molar-refractivity contribution in [1.29, 1.82) is 0 Å². The highest BCUT2D eigenvalue weighted by Crippen LogP contribution is 2.33. The maximum Gasteiger partial charge on any atom is 0.253 e. The van der Waals surface area contributed by atoms with E-state index in [0.717, 1.165) is 0 Å². The Morgan fingerprint density at radius 3 is 2.64 bits per heavy atom. The van der Waals surface area contributed by atoms with Gasteiger partial charge in [-0.3, -0.25) is 4.79 Å². The Bertz CT molecular complexity index is 565. The lowest BCUT2D eigenvalue weighted by Gasteiger charge is -2.39. The smallest absolute Gasteiger partial charge is 0.253 e. The number of fused-ring (bicyclic) bond motifs is 1. The summed E-state index contributed by atoms with van der Waals surface area (Å²) in [5.41, 5.74) is -0.0999. The molecule has 0 aliphatic carbocycles. The van der Waals surface area contributed by atoms with Crippen molar-refractivity contribution in [1.82, 2.24) is 9.80 Å². The summed E-state index contributed by atoms with van der Waals surface area (Å²) in [6.07, 6.45) is 1.20. The van der Waals surface area contributed by atoms with Gasteiger partial charge in [0.15, 0.2) is 11.5 Å². The van der Waals surface area contributed by atoms with Gasteiger partial charge in [-0.05, 0) is 45.1 Å². The molecule has 6 heteroatoms. The van der Waals surface area contributed by atoms with E-state index >= 15 is 0 Å². The first-order valence-electron chi connectivity index (χ1n) is 7.53. The first kappa shape index (κ1) is 15.1. The van der Waals surface area contributed by atoms with E-state index in [1.54, 1.807) is 23.1 Å². The zero-order valence-electron chi connectivity index (χ0n) is 13.0. The molecule has 0 unspecified atom stereocenters. The van der Waals surface area contributed by atoms with E-state index < -0.39 is 5.60 Å². The highest BCUT2D eigenvalue weighted by molar-refractivity contribution is 5.95. The molecule has 1 aromatic carbocycles. The predicted molar refractivity (Wildman–Crippen MR) is 81.2 cm³/mol. The molecule has 1 saturated heterocycles. The summed E-state index contributed by atoms with van der Waals surface area (Å²) in [5, 5.41) is 10.5. The van der Waals surface area contributed by atoms with Crippen LogP contribution in [0.25, 0.3) is 0 Å². The zero-order valence-corrected chi connectivity index (χ0v) is 13.0. The van der Waals surface area contributed by atoms with Crippen molar-refractivity contribution in [2.24, 2.45) is 0 Å². The fourth-order valence-corrected chi connectivity index (χ4v) is 3.08. The Morgan fingerprint density at radius 1 is 1.27 bits per heavy atom. The molecule has 0 saturated carbocycles. The van der Waals surface area contributed by atoms with Crippen molar-refractivity contribution in [2.45, 2.75) is 18.4 Å². The van der Waals surface area contributed by atoms with Crippen molar-refractivity contribution in [3.05, 3.63) is 23.8 Å². The van der Waals surface area contributed by atoms with Crippen LogP contribution in [0.4, 0.5) is 0 Å². The number of carbonyl (C=O) groups is 1. The average molecular weight is 306 g/mol. The lowest BCUT2D eigenvalue weighted by atomic mass is 9.90. The summed E-state index contributed by atoms with van der Waals surface area (Å²) < 4.78 is 10.6. The van der Waals surface area contributed by atoms with Crippen LogP contribution < -0.4 is 9.47 Å². The summed E-state index contributed by atoms with van der Waals surface area (Å²) >= 11 is 0. The van der Waals surface area contributed by atoms with Crippen LogP contribution in [0.1, 0.15) is 23.2 Å². The molecule has 2 heterocycles. The summed E-state index contributed by atoms with van der Waals surface area (Å²) in [6, 6.07) is 5.25. The third kappa shape index (κ3) is 3.03. The SMILES string of the molecule is CN(C)CC1(O)CCN(C(=O)c2ccc3c(c2)OCO3)CC1. The van der Waals surface area contributed by atoms with Gasteiger partial charge in [-0.15, -0.1) is 0 Å². The second kappa shape index (κ2) is 5.78. The number of aliphatic hydroxyl groups is 1. The fourth-order valence-electron chi connectivity index (χ4n) is 3.08. The van der Waals surface area contributed by atoms with Gasteiger partial charge >= 0.3 is 0 Å². The fraction of sp³-hybridized carbons (Fsp3) is 0.562. The second-order valence-corrected chi connectivity index (χ2v) is 6.32. The van der Waals surface area contributed by atoms with Crippen LogP contribution in [0.3, 0.4) is 0 Å². The molecule has 1 aromatic rings. The Morgan fingerprint density at radius 2 is 1.95 bits per heavy atom. The molecule has 0 spiro atoms. The van der Waals surface area contributed by atoms with Gasteiger partial charge in [0, 0.05) is 25.2 Å². The van der Waals surface area contributed by atoms with Gasteiger partial charge in [-0.2, -0.15) is 0 Å². The van der Waals surface area contributed by atoms with Gasteiger partial charge in [-0.1, -0.05) is 0 Å². The number of hydrogen-bond donors (Lipinski definition) is 1. The van der Waals surface area contributed by atoms with E-state index in [2.05, 4.69) is 0 Å². The monoisotopic (exact) mass is 306 g/mol. The van der Waals surface area contributed by atoms with Crippen molar-refractivity contribution in [3.63, 3.8) is 0 Å². The van der Waals surface area contributed by atoms with Crippen molar-refractivity contribution in [2.75, 3.05) is 40.5 Å². The van der Waals surface area contributed by atoms with Gasteiger partial charge in [0.1, 0.15) is 0 Å². The quantitative estimate of drug-likeness (QED) is 0.900. The Labute approximate surface area is 130 Å². The van der Waals surface area contributed by atoms with E-state index in [-0.39, 0.29) is 12.7 Å².